The zero-order valence-corrected chi connectivity index (χ0v) is 8.92. The molecule has 13 heavy (non-hydrogen) atoms. The second-order valence-corrected chi connectivity index (χ2v) is 5.93. The molecule has 1 heteroatoms. The minimum Gasteiger partial charge on any atom is -0.393 e. The van der Waals surface area contributed by atoms with Crippen LogP contribution >= 0.6 is 0 Å². The van der Waals surface area contributed by atoms with E-state index in [1.165, 1.54) is 32.1 Å². The van der Waals surface area contributed by atoms with E-state index in [1.807, 2.05) is 0 Å². The summed E-state index contributed by atoms with van der Waals surface area (Å²) in [4.78, 5) is 0. The Balaban J connectivity index is 1.74. The summed E-state index contributed by atoms with van der Waals surface area (Å²) in [5.41, 5.74) is 0.605. The van der Waals surface area contributed by atoms with E-state index < -0.39 is 0 Å². The molecule has 2 aliphatic carbocycles. The van der Waals surface area contributed by atoms with Crippen LogP contribution < -0.4 is 0 Å². The van der Waals surface area contributed by atoms with Crippen molar-refractivity contribution in [1.82, 2.24) is 0 Å². The van der Waals surface area contributed by atoms with Crippen molar-refractivity contribution in [3.8, 4) is 0 Å². The summed E-state index contributed by atoms with van der Waals surface area (Å²) in [6, 6.07) is 0. The van der Waals surface area contributed by atoms with Gasteiger partial charge in [0.2, 0.25) is 0 Å². The van der Waals surface area contributed by atoms with Gasteiger partial charge < -0.3 is 5.11 Å². The van der Waals surface area contributed by atoms with E-state index in [-0.39, 0.29) is 6.10 Å². The number of hydrogen-bond acceptors (Lipinski definition) is 1. The standard InChI is InChI=1S/C12H22O/c1-12(2)7-9(8-12)6-10-4-3-5-11(10)13/h9-11,13H,3-8H2,1-2H3. The molecule has 0 aromatic rings. The fourth-order valence-corrected chi connectivity index (χ4v) is 3.39. The fourth-order valence-electron chi connectivity index (χ4n) is 3.39. The van der Waals surface area contributed by atoms with Crippen molar-refractivity contribution < 1.29 is 5.11 Å². The first-order valence-electron chi connectivity index (χ1n) is 5.75. The first-order valence-corrected chi connectivity index (χ1v) is 5.75. The summed E-state index contributed by atoms with van der Waals surface area (Å²) in [5, 5.41) is 9.69. The van der Waals surface area contributed by atoms with Gasteiger partial charge in [-0.3, -0.25) is 0 Å². The SMILES string of the molecule is CC1(C)CC(CC2CCCC2O)C1. The Morgan fingerprint density at radius 1 is 1.23 bits per heavy atom. The average Bonchev–Trinajstić information content (AvgIpc) is 2.33. The molecule has 0 radical (unpaired) electrons. The van der Waals surface area contributed by atoms with Crippen molar-refractivity contribution in [2.75, 3.05) is 0 Å². The summed E-state index contributed by atoms with van der Waals surface area (Å²) in [5.74, 6) is 1.56. The maximum absolute atomic E-state index is 9.69. The van der Waals surface area contributed by atoms with Gasteiger partial charge >= 0.3 is 0 Å². The van der Waals surface area contributed by atoms with Crippen LogP contribution in [0.25, 0.3) is 0 Å². The molecule has 2 aliphatic rings. The maximum atomic E-state index is 9.69. The third kappa shape index (κ3) is 2.07. The number of hydrogen-bond donors (Lipinski definition) is 1. The summed E-state index contributed by atoms with van der Waals surface area (Å²) in [7, 11) is 0. The predicted octanol–water partition coefficient (Wildman–Crippen LogP) is 2.97. The molecule has 2 saturated carbocycles. The minimum atomic E-state index is 0.0312. The van der Waals surface area contributed by atoms with E-state index in [2.05, 4.69) is 13.8 Å². The van der Waals surface area contributed by atoms with Crippen molar-refractivity contribution in [2.45, 2.75) is 58.5 Å². The molecule has 1 nitrogen and oxygen atoms in total. The Morgan fingerprint density at radius 3 is 2.38 bits per heavy atom. The highest BCUT2D eigenvalue weighted by Gasteiger charge is 2.38. The molecule has 1 N–H and O–H groups in total. The molecule has 0 bridgehead atoms. The molecule has 0 heterocycles. The molecule has 0 aromatic carbocycles. The van der Waals surface area contributed by atoms with Crippen molar-refractivity contribution >= 4 is 0 Å². The molecule has 0 spiro atoms. The van der Waals surface area contributed by atoms with E-state index in [9.17, 15) is 5.11 Å². The van der Waals surface area contributed by atoms with Gasteiger partial charge in [-0.1, -0.05) is 20.3 Å². The maximum Gasteiger partial charge on any atom is 0.0568 e. The Morgan fingerprint density at radius 2 is 1.92 bits per heavy atom. The molecular weight excluding hydrogens is 160 g/mol. The molecule has 76 valence electrons. The molecule has 2 rings (SSSR count). The van der Waals surface area contributed by atoms with E-state index in [0.29, 0.717) is 11.3 Å². The van der Waals surface area contributed by atoms with Gasteiger partial charge in [0, 0.05) is 0 Å². The van der Waals surface area contributed by atoms with Crippen LogP contribution in [0, 0.1) is 17.3 Å². The summed E-state index contributed by atoms with van der Waals surface area (Å²) in [6.07, 6.45) is 7.68. The van der Waals surface area contributed by atoms with E-state index in [0.717, 1.165) is 12.3 Å². The Hall–Kier alpha value is -0.0400. The second kappa shape index (κ2) is 3.27. The molecule has 0 aromatic heterocycles. The second-order valence-electron chi connectivity index (χ2n) is 5.93. The van der Waals surface area contributed by atoms with E-state index in [1.54, 1.807) is 0 Å². The summed E-state index contributed by atoms with van der Waals surface area (Å²) < 4.78 is 0. The average molecular weight is 182 g/mol. The van der Waals surface area contributed by atoms with Crippen molar-refractivity contribution in [2.24, 2.45) is 17.3 Å². The normalized spacial score (nSPS) is 39.0. The number of aliphatic hydroxyl groups is 1. The van der Waals surface area contributed by atoms with Crippen LogP contribution in [0.2, 0.25) is 0 Å². The van der Waals surface area contributed by atoms with E-state index >= 15 is 0 Å². The zero-order chi connectivity index (χ0) is 9.47. The van der Waals surface area contributed by atoms with Crippen molar-refractivity contribution in [1.29, 1.82) is 0 Å². The van der Waals surface area contributed by atoms with Gasteiger partial charge in [0.15, 0.2) is 0 Å². The predicted molar refractivity (Wildman–Crippen MR) is 54.5 cm³/mol. The van der Waals surface area contributed by atoms with Crippen LogP contribution in [0.5, 0.6) is 0 Å². The van der Waals surface area contributed by atoms with Crippen LogP contribution in [0.3, 0.4) is 0 Å². The van der Waals surface area contributed by atoms with Crippen molar-refractivity contribution in [3.63, 3.8) is 0 Å². The number of aliphatic hydroxyl groups excluding tert-OH is 1. The van der Waals surface area contributed by atoms with Gasteiger partial charge in [0.05, 0.1) is 6.10 Å². The van der Waals surface area contributed by atoms with E-state index in [4.69, 9.17) is 0 Å². The quantitative estimate of drug-likeness (QED) is 0.696. The fraction of sp³-hybridized carbons (Fsp3) is 1.00. The molecule has 2 unspecified atom stereocenters. The molecule has 2 fully saturated rings. The Kier molecular flexibility index (Phi) is 2.39. The highest BCUT2D eigenvalue weighted by Crippen LogP contribution is 2.49. The lowest BCUT2D eigenvalue weighted by Gasteiger charge is -2.44. The Bertz CT molecular complexity index is 178. The van der Waals surface area contributed by atoms with Gasteiger partial charge in [-0.05, 0) is 49.4 Å². The molecule has 0 saturated heterocycles. The van der Waals surface area contributed by atoms with Gasteiger partial charge in [-0.2, -0.15) is 0 Å². The largest absolute Gasteiger partial charge is 0.393 e. The topological polar surface area (TPSA) is 20.2 Å². The molecule has 0 amide bonds. The Labute approximate surface area is 81.5 Å². The molecule has 2 atom stereocenters. The van der Waals surface area contributed by atoms with Gasteiger partial charge in [0.1, 0.15) is 0 Å². The highest BCUT2D eigenvalue weighted by atomic mass is 16.3. The summed E-state index contributed by atoms with van der Waals surface area (Å²) >= 11 is 0. The first-order chi connectivity index (χ1) is 6.07. The number of rotatable bonds is 2. The van der Waals surface area contributed by atoms with Crippen LogP contribution in [-0.4, -0.2) is 11.2 Å². The van der Waals surface area contributed by atoms with Crippen LogP contribution in [0.4, 0.5) is 0 Å². The third-order valence-corrected chi connectivity index (χ3v) is 3.94. The lowest BCUT2D eigenvalue weighted by molar-refractivity contribution is 0.0472. The first kappa shape index (κ1) is 9.51. The highest BCUT2D eigenvalue weighted by molar-refractivity contribution is 4.90. The molecule has 0 aliphatic heterocycles. The zero-order valence-electron chi connectivity index (χ0n) is 8.92. The van der Waals surface area contributed by atoms with Gasteiger partial charge in [0.25, 0.3) is 0 Å². The molecular formula is C12H22O. The van der Waals surface area contributed by atoms with Gasteiger partial charge in [-0.15, -0.1) is 0 Å². The summed E-state index contributed by atoms with van der Waals surface area (Å²) in [6.45, 7) is 4.71. The van der Waals surface area contributed by atoms with Crippen molar-refractivity contribution in [3.05, 3.63) is 0 Å². The lowest BCUT2D eigenvalue weighted by atomic mass is 9.62. The monoisotopic (exact) mass is 182 g/mol. The third-order valence-electron chi connectivity index (χ3n) is 3.94. The van der Waals surface area contributed by atoms with Gasteiger partial charge in [-0.25, -0.2) is 0 Å². The lowest BCUT2D eigenvalue weighted by Crippen LogP contribution is -2.33. The minimum absolute atomic E-state index is 0.0312. The van der Waals surface area contributed by atoms with Crippen LogP contribution in [0.1, 0.15) is 52.4 Å². The van der Waals surface area contributed by atoms with Crippen LogP contribution in [0.15, 0.2) is 0 Å². The van der Waals surface area contributed by atoms with Crippen LogP contribution in [-0.2, 0) is 0 Å². The smallest absolute Gasteiger partial charge is 0.0568 e.